The van der Waals surface area contributed by atoms with Crippen LogP contribution in [0.1, 0.15) is 19.3 Å². The zero-order valence-corrected chi connectivity index (χ0v) is 10.2. The van der Waals surface area contributed by atoms with Gasteiger partial charge in [-0.15, -0.1) is 0 Å². The number of aryl methyl sites for hydroxylation is 2. The molecule has 2 rings (SSSR count). The van der Waals surface area contributed by atoms with Gasteiger partial charge < -0.3 is 14.5 Å². The first-order chi connectivity index (χ1) is 8.18. The van der Waals surface area contributed by atoms with E-state index in [9.17, 15) is 9.59 Å². The van der Waals surface area contributed by atoms with Gasteiger partial charge in [0.05, 0.1) is 0 Å². The molecule has 1 aromatic rings. The van der Waals surface area contributed by atoms with E-state index in [4.69, 9.17) is 0 Å². The van der Waals surface area contributed by atoms with Crippen molar-refractivity contribution in [2.24, 2.45) is 13.0 Å². The average molecular weight is 237 g/mol. The van der Waals surface area contributed by atoms with Gasteiger partial charge in [-0.2, -0.15) is 0 Å². The van der Waals surface area contributed by atoms with Crippen LogP contribution in [0.3, 0.4) is 0 Å². The molecule has 5 nitrogen and oxygen atoms in total. The summed E-state index contributed by atoms with van der Waals surface area (Å²) < 4.78 is 2.85. The van der Waals surface area contributed by atoms with Crippen LogP contribution >= 0.6 is 0 Å². The Hall–Kier alpha value is -1.36. The molecule has 1 unspecified atom stereocenters. The Morgan fingerprint density at radius 1 is 1.35 bits per heavy atom. The largest absolute Gasteiger partial charge is 0.316 e. The monoisotopic (exact) mass is 237 g/mol. The second kappa shape index (κ2) is 5.31. The Labute approximate surface area is 100 Å². The molecule has 0 amide bonds. The number of aromatic nitrogens is 2. The highest BCUT2D eigenvalue weighted by Crippen LogP contribution is 2.14. The van der Waals surface area contributed by atoms with Crippen LogP contribution in [0.15, 0.2) is 22.0 Å². The maximum atomic E-state index is 11.7. The van der Waals surface area contributed by atoms with E-state index < -0.39 is 11.1 Å². The Balaban J connectivity index is 2.02. The minimum absolute atomic E-state index is 0.418. The van der Waals surface area contributed by atoms with Crippen molar-refractivity contribution < 1.29 is 0 Å². The van der Waals surface area contributed by atoms with Crippen molar-refractivity contribution >= 4 is 0 Å². The summed E-state index contributed by atoms with van der Waals surface area (Å²) in [7, 11) is 1.60. The highest BCUT2D eigenvalue weighted by molar-refractivity contribution is 4.85. The second-order valence-corrected chi connectivity index (χ2v) is 4.71. The van der Waals surface area contributed by atoms with Crippen molar-refractivity contribution in [2.75, 3.05) is 13.1 Å². The number of piperidine rings is 1. The van der Waals surface area contributed by atoms with Gasteiger partial charge in [-0.05, 0) is 38.3 Å². The van der Waals surface area contributed by atoms with Crippen LogP contribution in [0.25, 0.3) is 0 Å². The molecule has 1 aliphatic heterocycles. The molecule has 1 saturated heterocycles. The first-order valence-corrected chi connectivity index (χ1v) is 6.15. The first kappa shape index (κ1) is 12.1. The minimum atomic E-state index is -0.450. The molecule has 0 saturated carbocycles. The smallest absolute Gasteiger partial charge is 0.316 e. The van der Waals surface area contributed by atoms with Crippen molar-refractivity contribution in [1.82, 2.24) is 14.5 Å². The molecule has 94 valence electrons. The lowest BCUT2D eigenvalue weighted by Gasteiger charge is -2.22. The number of nitrogens with one attached hydrogen (secondary N) is 1. The Morgan fingerprint density at radius 3 is 2.88 bits per heavy atom. The van der Waals surface area contributed by atoms with Gasteiger partial charge in [-0.25, -0.2) is 0 Å². The molecule has 0 aliphatic carbocycles. The molecule has 5 heteroatoms. The van der Waals surface area contributed by atoms with Crippen LogP contribution in [0.5, 0.6) is 0 Å². The predicted molar refractivity (Wildman–Crippen MR) is 66.2 cm³/mol. The molecule has 0 aromatic carbocycles. The quantitative estimate of drug-likeness (QED) is 0.749. The van der Waals surface area contributed by atoms with E-state index in [-0.39, 0.29) is 0 Å². The van der Waals surface area contributed by atoms with Crippen LogP contribution in [0.4, 0.5) is 0 Å². The zero-order valence-electron chi connectivity index (χ0n) is 10.2. The highest BCUT2D eigenvalue weighted by Gasteiger charge is 2.13. The highest BCUT2D eigenvalue weighted by atomic mass is 16.2. The third kappa shape index (κ3) is 2.85. The fraction of sp³-hybridized carbons (Fsp3) is 0.667. The average Bonchev–Trinajstić information content (AvgIpc) is 2.36. The third-order valence-electron chi connectivity index (χ3n) is 3.41. The lowest BCUT2D eigenvalue weighted by Crippen LogP contribution is -2.40. The van der Waals surface area contributed by atoms with E-state index in [0.29, 0.717) is 12.5 Å². The molecule has 2 heterocycles. The second-order valence-electron chi connectivity index (χ2n) is 4.71. The topological polar surface area (TPSA) is 56.0 Å². The van der Waals surface area contributed by atoms with E-state index >= 15 is 0 Å². The first-order valence-electron chi connectivity index (χ1n) is 6.15. The van der Waals surface area contributed by atoms with Crippen LogP contribution in [0.2, 0.25) is 0 Å². The molecule has 1 atom stereocenters. The maximum absolute atomic E-state index is 11.7. The van der Waals surface area contributed by atoms with Crippen molar-refractivity contribution in [3.8, 4) is 0 Å². The molecule has 1 aliphatic rings. The van der Waals surface area contributed by atoms with E-state index in [1.54, 1.807) is 19.4 Å². The minimum Gasteiger partial charge on any atom is -0.316 e. The molecule has 1 N–H and O–H groups in total. The molecule has 0 spiro atoms. The van der Waals surface area contributed by atoms with Crippen molar-refractivity contribution in [1.29, 1.82) is 0 Å². The van der Waals surface area contributed by atoms with Crippen LogP contribution in [-0.2, 0) is 13.6 Å². The number of rotatable bonds is 3. The summed E-state index contributed by atoms with van der Waals surface area (Å²) in [5.74, 6) is 0.625. The van der Waals surface area contributed by atoms with E-state index in [1.807, 2.05) is 0 Å². The summed E-state index contributed by atoms with van der Waals surface area (Å²) in [6, 6.07) is 0. The van der Waals surface area contributed by atoms with Crippen LogP contribution < -0.4 is 16.4 Å². The lowest BCUT2D eigenvalue weighted by molar-refractivity contribution is 0.339. The molecule has 0 bridgehead atoms. The van der Waals surface area contributed by atoms with Gasteiger partial charge >= 0.3 is 11.1 Å². The number of nitrogens with zero attached hydrogens (tertiary/aromatic N) is 2. The summed E-state index contributed by atoms with van der Waals surface area (Å²) in [5.41, 5.74) is -0.868. The Morgan fingerprint density at radius 2 is 2.18 bits per heavy atom. The summed E-state index contributed by atoms with van der Waals surface area (Å²) in [6.45, 7) is 2.77. The molecule has 17 heavy (non-hydrogen) atoms. The van der Waals surface area contributed by atoms with Crippen LogP contribution in [-0.4, -0.2) is 22.2 Å². The Bertz CT molecular complexity index is 483. The van der Waals surface area contributed by atoms with Gasteiger partial charge in [-0.1, -0.05) is 0 Å². The number of hydrogen-bond acceptors (Lipinski definition) is 3. The molecular weight excluding hydrogens is 218 g/mol. The third-order valence-corrected chi connectivity index (χ3v) is 3.41. The molecular formula is C12H19N3O2. The fourth-order valence-corrected chi connectivity index (χ4v) is 2.26. The summed E-state index contributed by atoms with van der Waals surface area (Å²) >= 11 is 0. The standard InChI is InChI=1S/C12H19N3O2/c1-14-7-8-15(12(17)11(14)16)6-4-10-3-2-5-13-9-10/h7-8,10,13H,2-6,9H2,1H3. The summed E-state index contributed by atoms with van der Waals surface area (Å²) in [4.78, 5) is 23.1. The van der Waals surface area contributed by atoms with Gasteiger partial charge in [0.15, 0.2) is 0 Å². The zero-order chi connectivity index (χ0) is 12.3. The van der Waals surface area contributed by atoms with E-state index in [1.165, 1.54) is 22.0 Å². The molecule has 1 fully saturated rings. The van der Waals surface area contributed by atoms with Gasteiger partial charge in [-0.3, -0.25) is 9.59 Å². The summed E-state index contributed by atoms with van der Waals surface area (Å²) in [5, 5.41) is 3.35. The van der Waals surface area contributed by atoms with Gasteiger partial charge in [0.1, 0.15) is 0 Å². The van der Waals surface area contributed by atoms with Crippen molar-refractivity contribution in [2.45, 2.75) is 25.8 Å². The van der Waals surface area contributed by atoms with Crippen molar-refractivity contribution in [3.05, 3.63) is 33.1 Å². The van der Waals surface area contributed by atoms with Crippen LogP contribution in [0, 0.1) is 5.92 Å². The SMILES string of the molecule is Cn1ccn(CCC2CCCNC2)c(=O)c1=O. The fourth-order valence-electron chi connectivity index (χ4n) is 2.26. The molecule has 1 aromatic heterocycles. The van der Waals surface area contributed by atoms with Crippen molar-refractivity contribution in [3.63, 3.8) is 0 Å². The maximum Gasteiger partial charge on any atom is 0.316 e. The summed E-state index contributed by atoms with van der Waals surface area (Å²) in [6.07, 6.45) is 6.71. The normalized spacial score (nSPS) is 20.4. The van der Waals surface area contributed by atoms with E-state index in [2.05, 4.69) is 5.32 Å². The predicted octanol–water partition coefficient (Wildman–Crippen LogP) is -0.0633. The van der Waals surface area contributed by atoms with Gasteiger partial charge in [0.25, 0.3) is 0 Å². The van der Waals surface area contributed by atoms with E-state index in [0.717, 1.165) is 19.5 Å². The molecule has 0 radical (unpaired) electrons. The van der Waals surface area contributed by atoms with Gasteiger partial charge in [0.2, 0.25) is 0 Å². The lowest BCUT2D eigenvalue weighted by atomic mass is 9.96. The number of hydrogen-bond donors (Lipinski definition) is 1. The Kier molecular flexibility index (Phi) is 3.78. The van der Waals surface area contributed by atoms with Gasteiger partial charge in [0, 0.05) is 26.0 Å².